The van der Waals surface area contributed by atoms with Crippen LogP contribution < -0.4 is 0 Å². The highest BCUT2D eigenvalue weighted by molar-refractivity contribution is 4.69. The van der Waals surface area contributed by atoms with Gasteiger partial charge in [-0.1, -0.05) is 5.21 Å². The van der Waals surface area contributed by atoms with E-state index in [1.54, 1.807) is 17.1 Å². The van der Waals surface area contributed by atoms with E-state index in [0.29, 0.717) is 6.61 Å². The van der Waals surface area contributed by atoms with E-state index in [-0.39, 0.29) is 12.5 Å². The molecule has 0 spiro atoms. The molecule has 1 aromatic heterocycles. The van der Waals surface area contributed by atoms with Crippen LogP contribution in [0, 0.1) is 0 Å². The van der Waals surface area contributed by atoms with E-state index in [2.05, 4.69) is 10.3 Å². The van der Waals surface area contributed by atoms with Crippen molar-refractivity contribution >= 4 is 0 Å². The third-order valence-electron chi connectivity index (χ3n) is 1.56. The molecule has 2 unspecified atom stereocenters. The van der Waals surface area contributed by atoms with E-state index >= 15 is 0 Å². The van der Waals surface area contributed by atoms with Gasteiger partial charge in [0.05, 0.1) is 12.8 Å². The molecule has 0 amide bonds. The number of ether oxygens (including phenoxy) is 2. The molecule has 1 fully saturated rings. The minimum absolute atomic E-state index is 0.104. The lowest BCUT2D eigenvalue weighted by Crippen LogP contribution is -2.11. The summed E-state index contributed by atoms with van der Waals surface area (Å²) >= 11 is 0. The average molecular weight is 155 g/mol. The lowest BCUT2D eigenvalue weighted by atomic mass is 10.6. The molecule has 0 N–H and O–H groups in total. The molecular weight excluding hydrogens is 146 g/mol. The molecule has 1 aliphatic rings. The molecule has 0 aliphatic carbocycles. The Kier molecular flexibility index (Phi) is 1.59. The largest absolute Gasteiger partial charge is 0.348 e. The van der Waals surface area contributed by atoms with Crippen molar-refractivity contribution < 1.29 is 9.47 Å². The molecule has 0 radical (unpaired) electrons. The third kappa shape index (κ3) is 1.24. The van der Waals surface area contributed by atoms with E-state index in [9.17, 15) is 0 Å². The van der Waals surface area contributed by atoms with Crippen molar-refractivity contribution in [1.29, 1.82) is 0 Å². The Morgan fingerprint density at radius 3 is 3.09 bits per heavy atom. The summed E-state index contributed by atoms with van der Waals surface area (Å²) in [6, 6.07) is 0. The number of aromatic nitrogens is 3. The summed E-state index contributed by atoms with van der Waals surface area (Å²) < 4.78 is 12.2. The van der Waals surface area contributed by atoms with E-state index in [0.717, 1.165) is 0 Å². The first-order chi connectivity index (χ1) is 5.36. The van der Waals surface area contributed by atoms with Crippen molar-refractivity contribution in [2.75, 3.05) is 6.61 Å². The Hall–Kier alpha value is -0.940. The summed E-state index contributed by atoms with van der Waals surface area (Å²) in [7, 11) is 0. The van der Waals surface area contributed by atoms with Gasteiger partial charge in [-0.2, -0.15) is 0 Å². The second kappa shape index (κ2) is 2.60. The Labute approximate surface area is 63.9 Å². The van der Waals surface area contributed by atoms with Gasteiger partial charge >= 0.3 is 0 Å². The molecular formula is C6H9N3O2. The maximum absolute atomic E-state index is 5.34. The van der Waals surface area contributed by atoms with Gasteiger partial charge in [-0.05, 0) is 6.92 Å². The normalized spacial score (nSPS) is 31.0. The zero-order valence-electron chi connectivity index (χ0n) is 6.17. The molecule has 2 rings (SSSR count). The molecule has 5 heteroatoms. The summed E-state index contributed by atoms with van der Waals surface area (Å²) in [6.07, 6.45) is 3.13. The molecule has 11 heavy (non-hydrogen) atoms. The van der Waals surface area contributed by atoms with Crippen molar-refractivity contribution in [1.82, 2.24) is 15.0 Å². The Morgan fingerprint density at radius 1 is 1.64 bits per heavy atom. The summed E-state index contributed by atoms with van der Waals surface area (Å²) in [6.45, 7) is 2.40. The van der Waals surface area contributed by atoms with Crippen LogP contribution in [-0.4, -0.2) is 27.9 Å². The summed E-state index contributed by atoms with van der Waals surface area (Å²) in [5.41, 5.74) is 0. The van der Waals surface area contributed by atoms with Crippen LogP contribution in [0.3, 0.4) is 0 Å². The fourth-order valence-corrected chi connectivity index (χ4v) is 1.03. The average Bonchev–Trinajstić information content (AvgIpc) is 2.55. The van der Waals surface area contributed by atoms with Crippen molar-refractivity contribution in [3.63, 3.8) is 0 Å². The first-order valence-electron chi connectivity index (χ1n) is 3.49. The van der Waals surface area contributed by atoms with Crippen LogP contribution >= 0.6 is 0 Å². The van der Waals surface area contributed by atoms with Gasteiger partial charge in [0.1, 0.15) is 0 Å². The highest BCUT2D eigenvalue weighted by atomic mass is 16.7. The minimum Gasteiger partial charge on any atom is -0.348 e. The Bertz CT molecular complexity index is 224. The SMILES string of the molecule is CC1OCC(n2ccnn2)O1. The highest BCUT2D eigenvalue weighted by Gasteiger charge is 2.23. The van der Waals surface area contributed by atoms with E-state index in [1.165, 1.54) is 0 Å². The van der Waals surface area contributed by atoms with Crippen molar-refractivity contribution in [2.45, 2.75) is 19.4 Å². The Balaban J connectivity index is 2.08. The summed E-state index contributed by atoms with van der Waals surface area (Å²) in [5.74, 6) is 0. The lowest BCUT2D eigenvalue weighted by molar-refractivity contribution is -0.0600. The van der Waals surface area contributed by atoms with E-state index in [1.807, 2.05) is 6.92 Å². The maximum Gasteiger partial charge on any atom is 0.178 e. The second-order valence-corrected chi connectivity index (χ2v) is 2.37. The number of nitrogens with zero attached hydrogens (tertiary/aromatic N) is 3. The lowest BCUT2D eigenvalue weighted by Gasteiger charge is -2.06. The molecule has 0 aromatic carbocycles. The predicted octanol–water partition coefficient (Wildman–Crippen LogP) is 0.169. The molecule has 2 heterocycles. The smallest absolute Gasteiger partial charge is 0.178 e. The highest BCUT2D eigenvalue weighted by Crippen LogP contribution is 2.18. The van der Waals surface area contributed by atoms with Crippen LogP contribution in [0.1, 0.15) is 13.2 Å². The second-order valence-electron chi connectivity index (χ2n) is 2.37. The first kappa shape index (κ1) is 6.75. The summed E-state index contributed by atoms with van der Waals surface area (Å²) in [4.78, 5) is 0. The number of hydrogen-bond acceptors (Lipinski definition) is 4. The zero-order chi connectivity index (χ0) is 7.68. The fourth-order valence-electron chi connectivity index (χ4n) is 1.03. The van der Waals surface area contributed by atoms with Gasteiger partial charge in [0.2, 0.25) is 0 Å². The van der Waals surface area contributed by atoms with Crippen LogP contribution in [0.25, 0.3) is 0 Å². The topological polar surface area (TPSA) is 49.2 Å². The number of rotatable bonds is 1. The van der Waals surface area contributed by atoms with Gasteiger partial charge in [-0.15, -0.1) is 5.10 Å². The van der Waals surface area contributed by atoms with Gasteiger partial charge in [0, 0.05) is 6.20 Å². The van der Waals surface area contributed by atoms with Crippen LogP contribution in [0.4, 0.5) is 0 Å². The van der Waals surface area contributed by atoms with Gasteiger partial charge in [-0.25, -0.2) is 4.68 Å². The quantitative estimate of drug-likeness (QED) is 0.580. The molecule has 1 aromatic rings. The van der Waals surface area contributed by atoms with Crippen LogP contribution in [-0.2, 0) is 9.47 Å². The fraction of sp³-hybridized carbons (Fsp3) is 0.667. The van der Waals surface area contributed by atoms with Gasteiger partial charge in [-0.3, -0.25) is 0 Å². The van der Waals surface area contributed by atoms with Gasteiger partial charge < -0.3 is 9.47 Å². The molecule has 0 bridgehead atoms. The molecule has 60 valence electrons. The third-order valence-corrected chi connectivity index (χ3v) is 1.56. The van der Waals surface area contributed by atoms with E-state index < -0.39 is 0 Å². The minimum atomic E-state index is -0.135. The monoisotopic (exact) mass is 155 g/mol. The molecule has 0 saturated carbocycles. The standard InChI is InChI=1S/C6H9N3O2/c1-5-10-4-6(11-5)9-3-2-7-8-9/h2-3,5-6H,4H2,1H3. The van der Waals surface area contributed by atoms with E-state index in [4.69, 9.17) is 9.47 Å². The van der Waals surface area contributed by atoms with Crippen LogP contribution in [0.5, 0.6) is 0 Å². The number of hydrogen-bond donors (Lipinski definition) is 0. The molecule has 5 nitrogen and oxygen atoms in total. The van der Waals surface area contributed by atoms with Crippen LogP contribution in [0.2, 0.25) is 0 Å². The van der Waals surface area contributed by atoms with Gasteiger partial charge in [0.25, 0.3) is 0 Å². The first-order valence-corrected chi connectivity index (χ1v) is 3.49. The Morgan fingerprint density at radius 2 is 2.55 bits per heavy atom. The van der Waals surface area contributed by atoms with Crippen LogP contribution in [0.15, 0.2) is 12.4 Å². The summed E-state index contributed by atoms with van der Waals surface area (Å²) in [5, 5.41) is 7.46. The molecule has 2 atom stereocenters. The van der Waals surface area contributed by atoms with Crippen molar-refractivity contribution in [3.05, 3.63) is 12.4 Å². The maximum atomic E-state index is 5.34. The van der Waals surface area contributed by atoms with Gasteiger partial charge in [0.15, 0.2) is 12.5 Å². The zero-order valence-corrected chi connectivity index (χ0v) is 6.17. The van der Waals surface area contributed by atoms with Crippen molar-refractivity contribution in [2.24, 2.45) is 0 Å². The van der Waals surface area contributed by atoms with Crippen molar-refractivity contribution in [3.8, 4) is 0 Å². The molecule has 1 aliphatic heterocycles. The predicted molar refractivity (Wildman–Crippen MR) is 35.6 cm³/mol. The molecule has 1 saturated heterocycles.